The predicted octanol–water partition coefficient (Wildman–Crippen LogP) is 0.586. The molecule has 0 saturated heterocycles. The maximum absolute atomic E-state index is 11.6. The fraction of sp³-hybridized carbons (Fsp3) is 0.273. The Morgan fingerprint density at radius 3 is 2.95 bits per heavy atom. The molecule has 3 N–H and O–H groups in total. The number of carbonyl (C=O) groups is 2. The van der Waals surface area contributed by atoms with E-state index in [-0.39, 0.29) is 13.1 Å². The lowest BCUT2D eigenvalue weighted by Crippen LogP contribution is -2.27. The zero-order valence-electron chi connectivity index (χ0n) is 10.7. The van der Waals surface area contributed by atoms with Crippen molar-refractivity contribution in [3.05, 3.63) is 29.9 Å². The molecule has 2 heterocycles. The number of nitrogens with zero attached hydrogens (tertiary/aromatic N) is 3. The normalized spacial score (nSPS) is 10.2. The number of amides is 2. The second-order valence-corrected chi connectivity index (χ2v) is 4.06. The van der Waals surface area contributed by atoms with E-state index in [9.17, 15) is 9.59 Å². The first kappa shape index (κ1) is 13.6. The van der Waals surface area contributed by atoms with Crippen LogP contribution in [-0.2, 0) is 17.9 Å². The first-order valence-corrected chi connectivity index (χ1v) is 5.74. The smallest absolute Gasteiger partial charge is 0.325 e. The van der Waals surface area contributed by atoms with Gasteiger partial charge in [0, 0.05) is 12.3 Å². The van der Waals surface area contributed by atoms with Crippen LogP contribution >= 0.6 is 0 Å². The summed E-state index contributed by atoms with van der Waals surface area (Å²) < 4.78 is 6.14. The monoisotopic (exact) mass is 279 g/mol. The molecule has 0 aliphatic carbocycles. The zero-order chi connectivity index (χ0) is 14.5. The Labute approximate surface area is 113 Å². The van der Waals surface area contributed by atoms with Crippen LogP contribution in [0.3, 0.4) is 0 Å². The number of urea groups is 1. The van der Waals surface area contributed by atoms with Crippen LogP contribution in [-0.4, -0.2) is 32.0 Å². The van der Waals surface area contributed by atoms with Crippen molar-refractivity contribution in [2.45, 2.75) is 20.0 Å². The standard InChI is InChI=1S/C11H13N5O4/c1-7-2-9(20-15-7)4-12-11(19)14-8-3-13-16(5-8)6-10(17)18/h2-3,5H,4,6H2,1H3,(H,17,18)(H2,12,14,19). The molecule has 2 rings (SSSR count). The molecule has 0 spiro atoms. The summed E-state index contributed by atoms with van der Waals surface area (Å²) in [5, 5.41) is 21.2. The summed E-state index contributed by atoms with van der Waals surface area (Å²) in [6.45, 7) is 1.72. The van der Waals surface area contributed by atoms with Gasteiger partial charge in [-0.25, -0.2) is 4.79 Å². The molecule has 2 amide bonds. The molecule has 0 fully saturated rings. The molecule has 0 bridgehead atoms. The maximum Gasteiger partial charge on any atom is 0.325 e. The Morgan fingerprint density at radius 1 is 1.50 bits per heavy atom. The first-order valence-electron chi connectivity index (χ1n) is 5.74. The number of hydrogen-bond donors (Lipinski definition) is 3. The summed E-state index contributed by atoms with van der Waals surface area (Å²) in [5.41, 5.74) is 1.13. The molecule has 0 aliphatic rings. The largest absolute Gasteiger partial charge is 0.480 e. The number of carboxylic acids is 1. The topological polar surface area (TPSA) is 122 Å². The lowest BCUT2D eigenvalue weighted by atomic mass is 10.4. The van der Waals surface area contributed by atoms with Gasteiger partial charge in [0.25, 0.3) is 0 Å². The van der Waals surface area contributed by atoms with Crippen molar-refractivity contribution in [3.8, 4) is 0 Å². The molecule has 9 heteroatoms. The molecule has 20 heavy (non-hydrogen) atoms. The SMILES string of the molecule is Cc1cc(CNC(=O)Nc2cnn(CC(=O)O)c2)on1. The number of nitrogens with one attached hydrogen (secondary N) is 2. The number of anilines is 1. The number of aromatic nitrogens is 3. The van der Waals surface area contributed by atoms with Crippen molar-refractivity contribution >= 4 is 17.7 Å². The molecule has 0 aromatic carbocycles. The molecule has 2 aromatic rings. The number of aryl methyl sites for hydroxylation is 1. The van der Waals surface area contributed by atoms with Crippen LogP contribution in [0.15, 0.2) is 23.0 Å². The van der Waals surface area contributed by atoms with Crippen molar-refractivity contribution in [3.63, 3.8) is 0 Å². The highest BCUT2D eigenvalue weighted by Crippen LogP contribution is 2.05. The highest BCUT2D eigenvalue weighted by molar-refractivity contribution is 5.88. The average molecular weight is 279 g/mol. The first-order chi connectivity index (χ1) is 9.52. The van der Waals surface area contributed by atoms with Gasteiger partial charge in [-0.15, -0.1) is 0 Å². The third-order valence-corrected chi connectivity index (χ3v) is 2.29. The van der Waals surface area contributed by atoms with Gasteiger partial charge in [0.1, 0.15) is 6.54 Å². The number of carbonyl (C=O) groups excluding carboxylic acids is 1. The van der Waals surface area contributed by atoms with E-state index in [0.29, 0.717) is 11.4 Å². The van der Waals surface area contributed by atoms with Crippen molar-refractivity contribution < 1.29 is 19.2 Å². The van der Waals surface area contributed by atoms with Crippen LogP contribution in [0, 0.1) is 6.92 Å². The van der Waals surface area contributed by atoms with Gasteiger partial charge in [0.2, 0.25) is 0 Å². The van der Waals surface area contributed by atoms with E-state index >= 15 is 0 Å². The summed E-state index contributed by atoms with van der Waals surface area (Å²) in [6, 6.07) is 1.26. The lowest BCUT2D eigenvalue weighted by molar-refractivity contribution is -0.137. The molecule has 0 aliphatic heterocycles. The Balaban J connectivity index is 1.82. The Kier molecular flexibility index (Phi) is 3.99. The highest BCUT2D eigenvalue weighted by atomic mass is 16.5. The lowest BCUT2D eigenvalue weighted by Gasteiger charge is -2.03. The minimum atomic E-state index is -1.01. The second-order valence-electron chi connectivity index (χ2n) is 4.06. The summed E-state index contributed by atoms with van der Waals surface area (Å²) in [4.78, 5) is 22.1. The molecular formula is C11H13N5O4. The third-order valence-electron chi connectivity index (χ3n) is 2.29. The molecule has 2 aromatic heterocycles. The van der Waals surface area contributed by atoms with E-state index in [4.69, 9.17) is 9.63 Å². The van der Waals surface area contributed by atoms with Crippen LogP contribution in [0.25, 0.3) is 0 Å². The Morgan fingerprint density at radius 2 is 2.30 bits per heavy atom. The van der Waals surface area contributed by atoms with Crippen LogP contribution < -0.4 is 10.6 Å². The number of aliphatic carboxylic acids is 1. The average Bonchev–Trinajstić information content (AvgIpc) is 2.95. The van der Waals surface area contributed by atoms with Crippen molar-refractivity contribution in [1.82, 2.24) is 20.3 Å². The second kappa shape index (κ2) is 5.87. The van der Waals surface area contributed by atoms with Crippen LogP contribution in [0.5, 0.6) is 0 Å². The van der Waals surface area contributed by atoms with E-state index in [0.717, 1.165) is 5.69 Å². The number of rotatable bonds is 5. The predicted molar refractivity (Wildman–Crippen MR) is 67.0 cm³/mol. The zero-order valence-corrected chi connectivity index (χ0v) is 10.7. The molecule has 0 unspecified atom stereocenters. The highest BCUT2D eigenvalue weighted by Gasteiger charge is 2.07. The Hall–Kier alpha value is -2.84. The van der Waals surface area contributed by atoms with Crippen LogP contribution in [0.2, 0.25) is 0 Å². The molecule has 0 saturated carbocycles. The van der Waals surface area contributed by atoms with Crippen LogP contribution in [0.4, 0.5) is 10.5 Å². The third kappa shape index (κ3) is 3.83. The van der Waals surface area contributed by atoms with E-state index in [1.807, 2.05) is 0 Å². The molecular weight excluding hydrogens is 266 g/mol. The number of hydrogen-bond acceptors (Lipinski definition) is 5. The molecule has 0 radical (unpaired) electrons. The fourth-order valence-electron chi connectivity index (χ4n) is 1.50. The summed E-state index contributed by atoms with van der Waals surface area (Å²) in [5.74, 6) is -0.469. The van der Waals surface area contributed by atoms with Crippen molar-refractivity contribution in [1.29, 1.82) is 0 Å². The van der Waals surface area contributed by atoms with Gasteiger partial charge < -0.3 is 20.3 Å². The molecule has 0 atom stereocenters. The summed E-state index contributed by atoms with van der Waals surface area (Å²) >= 11 is 0. The summed E-state index contributed by atoms with van der Waals surface area (Å²) in [6.07, 6.45) is 2.79. The van der Waals surface area contributed by atoms with Gasteiger partial charge in [-0.05, 0) is 6.92 Å². The van der Waals surface area contributed by atoms with Gasteiger partial charge >= 0.3 is 12.0 Å². The quantitative estimate of drug-likeness (QED) is 0.736. The minimum Gasteiger partial charge on any atom is -0.480 e. The van der Waals surface area contributed by atoms with Crippen molar-refractivity contribution in [2.75, 3.05) is 5.32 Å². The maximum atomic E-state index is 11.6. The van der Waals surface area contributed by atoms with Gasteiger partial charge in [-0.1, -0.05) is 5.16 Å². The van der Waals surface area contributed by atoms with Gasteiger partial charge in [-0.2, -0.15) is 5.10 Å². The van der Waals surface area contributed by atoms with E-state index in [2.05, 4.69) is 20.9 Å². The molecule has 106 valence electrons. The Bertz CT molecular complexity index is 618. The number of carboxylic acid groups (broad SMARTS) is 1. The minimum absolute atomic E-state index is 0.204. The fourth-order valence-corrected chi connectivity index (χ4v) is 1.50. The van der Waals surface area contributed by atoms with Gasteiger partial charge in [-0.3, -0.25) is 9.48 Å². The van der Waals surface area contributed by atoms with Gasteiger partial charge in [0.15, 0.2) is 5.76 Å². The molecule has 9 nitrogen and oxygen atoms in total. The summed E-state index contributed by atoms with van der Waals surface area (Å²) in [7, 11) is 0. The van der Waals surface area contributed by atoms with E-state index < -0.39 is 12.0 Å². The van der Waals surface area contributed by atoms with Crippen LogP contribution in [0.1, 0.15) is 11.5 Å². The van der Waals surface area contributed by atoms with E-state index in [1.165, 1.54) is 17.1 Å². The van der Waals surface area contributed by atoms with Crippen molar-refractivity contribution in [2.24, 2.45) is 0 Å². The van der Waals surface area contributed by atoms with Gasteiger partial charge in [0.05, 0.1) is 24.1 Å². The van der Waals surface area contributed by atoms with E-state index in [1.54, 1.807) is 13.0 Å².